The predicted octanol–water partition coefficient (Wildman–Crippen LogP) is 5.82. The van der Waals surface area contributed by atoms with Gasteiger partial charge in [-0.1, -0.05) is 25.5 Å². The second-order valence-electron chi connectivity index (χ2n) is 9.31. The van der Waals surface area contributed by atoms with Gasteiger partial charge in [-0.3, -0.25) is 14.5 Å². The van der Waals surface area contributed by atoms with Crippen LogP contribution in [0.3, 0.4) is 0 Å². The van der Waals surface area contributed by atoms with Crippen LogP contribution in [-0.4, -0.2) is 23.6 Å². The van der Waals surface area contributed by atoms with Gasteiger partial charge < -0.3 is 14.3 Å². The molecule has 0 spiro atoms. The summed E-state index contributed by atoms with van der Waals surface area (Å²) < 4.78 is 11.3. The van der Waals surface area contributed by atoms with E-state index in [4.69, 9.17) is 9.15 Å². The molecule has 4 aromatic rings. The van der Waals surface area contributed by atoms with Crippen LogP contribution < -0.4 is 10.3 Å². The molecule has 0 bridgehead atoms. The molecule has 2 heterocycles. The minimum Gasteiger partial charge on any atom is -0.508 e. The van der Waals surface area contributed by atoms with Crippen LogP contribution in [0.25, 0.3) is 11.0 Å². The van der Waals surface area contributed by atoms with Gasteiger partial charge in [0, 0.05) is 5.69 Å². The molecule has 1 N–H and O–H groups in total. The van der Waals surface area contributed by atoms with Crippen molar-refractivity contribution in [3.8, 4) is 5.75 Å². The van der Waals surface area contributed by atoms with Crippen molar-refractivity contribution in [1.82, 2.24) is 0 Å². The third-order valence-electron chi connectivity index (χ3n) is 6.81. The first-order valence-corrected chi connectivity index (χ1v) is 12.3. The van der Waals surface area contributed by atoms with E-state index in [9.17, 15) is 19.5 Å². The summed E-state index contributed by atoms with van der Waals surface area (Å²) in [5, 5.41) is 10.2. The number of carbonyl (C=O) groups is 2. The Balaban J connectivity index is 1.63. The van der Waals surface area contributed by atoms with Crippen molar-refractivity contribution in [3.05, 3.63) is 104 Å². The molecule has 1 aliphatic heterocycles. The first-order chi connectivity index (χ1) is 17.8. The molecule has 7 heteroatoms. The standard InChI is InChI=1S/C30H27NO6/c1-4-5-14-36-30(35)20-6-10-21(11-7-20)31-26(19-8-12-22(32)13-9-19)25-27(33)23-15-17(2)18(3)16-24(23)37-28(25)29(31)34/h6-13,15-16,26,32H,4-5,14H2,1-3H3. The molecule has 0 saturated carbocycles. The normalized spacial score (nSPS) is 14.7. The van der Waals surface area contributed by atoms with Gasteiger partial charge in [-0.2, -0.15) is 0 Å². The molecule has 0 radical (unpaired) electrons. The van der Waals surface area contributed by atoms with E-state index in [2.05, 4.69) is 0 Å². The Morgan fingerprint density at radius 1 is 1.00 bits per heavy atom. The van der Waals surface area contributed by atoms with Gasteiger partial charge in [0.25, 0.3) is 5.91 Å². The van der Waals surface area contributed by atoms with Crippen molar-refractivity contribution < 1.29 is 23.8 Å². The van der Waals surface area contributed by atoms with Gasteiger partial charge in [-0.25, -0.2) is 4.79 Å². The van der Waals surface area contributed by atoms with Crippen LogP contribution in [0.5, 0.6) is 5.75 Å². The van der Waals surface area contributed by atoms with Crippen LogP contribution in [0.4, 0.5) is 5.69 Å². The summed E-state index contributed by atoms with van der Waals surface area (Å²) in [6, 6.07) is 15.7. The van der Waals surface area contributed by atoms with Crippen molar-refractivity contribution >= 4 is 28.5 Å². The quantitative estimate of drug-likeness (QED) is 0.266. The van der Waals surface area contributed by atoms with Gasteiger partial charge in [0.2, 0.25) is 5.76 Å². The van der Waals surface area contributed by atoms with Crippen molar-refractivity contribution in [3.63, 3.8) is 0 Å². The highest BCUT2D eigenvalue weighted by atomic mass is 16.5. The molecular weight excluding hydrogens is 470 g/mol. The number of hydrogen-bond donors (Lipinski definition) is 1. The number of carbonyl (C=O) groups excluding carboxylic acids is 2. The molecule has 37 heavy (non-hydrogen) atoms. The van der Waals surface area contributed by atoms with Crippen LogP contribution >= 0.6 is 0 Å². The smallest absolute Gasteiger partial charge is 0.338 e. The third-order valence-corrected chi connectivity index (χ3v) is 6.81. The van der Waals surface area contributed by atoms with Gasteiger partial charge >= 0.3 is 5.97 Å². The van der Waals surface area contributed by atoms with Crippen LogP contribution in [0.1, 0.15) is 69.0 Å². The molecule has 0 aliphatic carbocycles. The van der Waals surface area contributed by atoms with E-state index in [1.807, 2.05) is 20.8 Å². The van der Waals surface area contributed by atoms with Gasteiger partial charge in [0.05, 0.1) is 29.2 Å². The van der Waals surface area contributed by atoms with E-state index in [1.54, 1.807) is 48.5 Å². The number of rotatable bonds is 6. The summed E-state index contributed by atoms with van der Waals surface area (Å²) >= 11 is 0. The van der Waals surface area contributed by atoms with Crippen LogP contribution in [0, 0.1) is 13.8 Å². The summed E-state index contributed by atoms with van der Waals surface area (Å²) in [6.45, 7) is 6.21. The topological polar surface area (TPSA) is 97.0 Å². The maximum absolute atomic E-state index is 13.8. The second-order valence-corrected chi connectivity index (χ2v) is 9.31. The molecule has 1 unspecified atom stereocenters. The highest BCUT2D eigenvalue weighted by Gasteiger charge is 2.43. The number of ether oxygens (including phenoxy) is 1. The Kier molecular flexibility index (Phi) is 6.29. The summed E-state index contributed by atoms with van der Waals surface area (Å²) in [4.78, 5) is 41.4. The highest BCUT2D eigenvalue weighted by Crippen LogP contribution is 2.41. The van der Waals surface area contributed by atoms with Crippen LogP contribution in [0.15, 0.2) is 69.9 Å². The van der Waals surface area contributed by atoms with E-state index in [1.165, 1.54) is 17.0 Å². The zero-order valence-corrected chi connectivity index (χ0v) is 20.9. The number of amides is 1. The lowest BCUT2D eigenvalue weighted by Crippen LogP contribution is -2.29. The lowest BCUT2D eigenvalue weighted by molar-refractivity contribution is 0.0499. The summed E-state index contributed by atoms with van der Waals surface area (Å²) in [7, 11) is 0. The minimum atomic E-state index is -0.771. The number of aromatic hydroxyl groups is 1. The molecule has 3 aromatic carbocycles. The maximum Gasteiger partial charge on any atom is 0.338 e. The number of phenols is 1. The van der Waals surface area contributed by atoms with Crippen molar-refractivity contribution in [1.29, 1.82) is 0 Å². The molecule has 7 nitrogen and oxygen atoms in total. The Bertz CT molecular complexity index is 1570. The number of hydrogen-bond acceptors (Lipinski definition) is 6. The van der Waals surface area contributed by atoms with Crippen molar-refractivity contribution in [2.45, 2.75) is 39.7 Å². The first-order valence-electron chi connectivity index (χ1n) is 12.3. The molecular formula is C30H27NO6. The molecule has 1 aromatic heterocycles. The van der Waals surface area contributed by atoms with E-state index in [-0.39, 0.29) is 22.5 Å². The number of fused-ring (bicyclic) bond motifs is 2. The van der Waals surface area contributed by atoms with Crippen LogP contribution in [0.2, 0.25) is 0 Å². The number of anilines is 1. The maximum atomic E-state index is 13.8. The molecule has 0 fully saturated rings. The fourth-order valence-electron chi connectivity index (χ4n) is 4.62. The Morgan fingerprint density at radius 2 is 1.68 bits per heavy atom. The largest absolute Gasteiger partial charge is 0.508 e. The molecule has 1 amide bonds. The highest BCUT2D eigenvalue weighted by molar-refractivity contribution is 6.10. The summed E-state index contributed by atoms with van der Waals surface area (Å²) in [5.41, 5.74) is 3.74. The molecule has 5 rings (SSSR count). The molecule has 1 aliphatic rings. The fourth-order valence-corrected chi connectivity index (χ4v) is 4.62. The van der Waals surface area contributed by atoms with E-state index < -0.39 is 17.9 Å². The monoisotopic (exact) mass is 497 g/mol. The number of phenolic OH excluding ortho intramolecular Hbond substituents is 1. The predicted molar refractivity (Wildman–Crippen MR) is 140 cm³/mol. The molecule has 188 valence electrons. The number of unbranched alkanes of at least 4 members (excludes halogenated alkanes) is 1. The Morgan fingerprint density at radius 3 is 2.35 bits per heavy atom. The number of benzene rings is 3. The fraction of sp³-hybridized carbons (Fsp3) is 0.233. The van der Waals surface area contributed by atoms with Crippen LogP contribution in [-0.2, 0) is 4.74 Å². The van der Waals surface area contributed by atoms with Gasteiger partial charge in [0.15, 0.2) is 5.43 Å². The Hall–Kier alpha value is -4.39. The molecule has 0 saturated heterocycles. The van der Waals surface area contributed by atoms with Gasteiger partial charge in [-0.15, -0.1) is 0 Å². The zero-order valence-electron chi connectivity index (χ0n) is 20.9. The Labute approximate surface area is 213 Å². The average Bonchev–Trinajstić information content (AvgIpc) is 3.18. The first kappa shape index (κ1) is 24.3. The average molecular weight is 498 g/mol. The van der Waals surface area contributed by atoms with E-state index in [0.717, 1.165) is 24.0 Å². The number of esters is 1. The van der Waals surface area contributed by atoms with Crippen molar-refractivity contribution in [2.75, 3.05) is 11.5 Å². The van der Waals surface area contributed by atoms with Gasteiger partial charge in [-0.05, 0) is 85.5 Å². The lowest BCUT2D eigenvalue weighted by Gasteiger charge is -2.25. The van der Waals surface area contributed by atoms with E-state index in [0.29, 0.717) is 34.4 Å². The SMILES string of the molecule is CCCCOC(=O)c1ccc(N2C(=O)c3oc4cc(C)c(C)cc4c(=O)c3C2c2ccc(O)cc2)cc1. The summed E-state index contributed by atoms with van der Waals surface area (Å²) in [5.74, 6) is -0.826. The lowest BCUT2D eigenvalue weighted by atomic mass is 9.97. The number of nitrogens with zero attached hydrogens (tertiary/aromatic N) is 1. The van der Waals surface area contributed by atoms with Gasteiger partial charge in [0.1, 0.15) is 11.3 Å². The molecule has 1 atom stereocenters. The second kappa shape index (κ2) is 9.58. The zero-order chi connectivity index (χ0) is 26.3. The van der Waals surface area contributed by atoms with Crippen molar-refractivity contribution in [2.24, 2.45) is 0 Å². The van der Waals surface area contributed by atoms with E-state index >= 15 is 0 Å². The minimum absolute atomic E-state index is 0.0121. The third kappa shape index (κ3) is 4.27. The number of aryl methyl sites for hydroxylation is 2. The summed E-state index contributed by atoms with van der Waals surface area (Å²) in [6.07, 6.45) is 1.70.